The molecule has 1 unspecified atom stereocenters. The second kappa shape index (κ2) is 8.45. The van der Waals surface area contributed by atoms with E-state index in [0.29, 0.717) is 24.5 Å². The maximum absolute atomic E-state index is 13.9. The van der Waals surface area contributed by atoms with Gasteiger partial charge >= 0.3 is 0 Å². The van der Waals surface area contributed by atoms with Gasteiger partial charge in [-0.3, -0.25) is 4.79 Å². The molecule has 0 spiro atoms. The molecule has 2 heterocycles. The number of H-pyrrole nitrogens is 1. The molecule has 0 aliphatic carbocycles. The number of amides is 1. The van der Waals surface area contributed by atoms with Gasteiger partial charge in [-0.05, 0) is 43.2 Å². The van der Waals surface area contributed by atoms with E-state index in [2.05, 4.69) is 15.5 Å². The maximum Gasteiger partial charge on any atom is 0.277 e. The van der Waals surface area contributed by atoms with Gasteiger partial charge in [0.1, 0.15) is 11.6 Å². The number of nitrogens with zero attached hydrogens (tertiary/aromatic N) is 1. The lowest BCUT2D eigenvalue weighted by atomic mass is 9.95. The van der Waals surface area contributed by atoms with Gasteiger partial charge in [-0.25, -0.2) is 9.82 Å². The van der Waals surface area contributed by atoms with Crippen LogP contribution in [0.2, 0.25) is 0 Å². The monoisotopic (exact) mass is 395 g/mol. The van der Waals surface area contributed by atoms with E-state index in [9.17, 15) is 9.18 Å². The van der Waals surface area contributed by atoms with Crippen LogP contribution in [0, 0.1) is 12.7 Å². The first-order chi connectivity index (χ1) is 14.1. The fraction of sp³-hybridized carbons (Fsp3) is 0.273. The van der Waals surface area contributed by atoms with E-state index < -0.39 is 0 Å². The van der Waals surface area contributed by atoms with Crippen molar-refractivity contribution in [3.63, 3.8) is 0 Å². The Morgan fingerprint density at radius 2 is 2.31 bits per heavy atom. The van der Waals surface area contributed by atoms with Gasteiger partial charge in [0.05, 0.1) is 12.8 Å². The second-order valence-corrected chi connectivity index (χ2v) is 7.07. The average Bonchev–Trinajstić information content (AvgIpc) is 3.39. The first-order valence-corrected chi connectivity index (χ1v) is 9.50. The predicted octanol–water partition coefficient (Wildman–Crippen LogP) is 3.65. The van der Waals surface area contributed by atoms with Crippen LogP contribution >= 0.6 is 0 Å². The lowest BCUT2D eigenvalue weighted by Gasteiger charge is -2.17. The lowest BCUT2D eigenvalue weighted by molar-refractivity contribution is -0.123. The highest BCUT2D eigenvalue weighted by Gasteiger charge is 2.24. The van der Waals surface area contributed by atoms with Crippen LogP contribution in [0.3, 0.4) is 0 Å². The topological polar surface area (TPSA) is 75.7 Å². The molecule has 0 radical (unpaired) electrons. The van der Waals surface area contributed by atoms with Gasteiger partial charge < -0.3 is 14.5 Å². The molecule has 2 aromatic carbocycles. The Hall–Kier alpha value is -3.19. The van der Waals surface area contributed by atoms with Crippen molar-refractivity contribution in [1.82, 2.24) is 10.4 Å². The molecule has 1 amide bonds. The van der Waals surface area contributed by atoms with Gasteiger partial charge in [0.2, 0.25) is 0 Å². The van der Waals surface area contributed by atoms with E-state index >= 15 is 0 Å². The highest BCUT2D eigenvalue weighted by atomic mass is 19.1. The normalized spacial score (nSPS) is 16.6. The Balaban J connectivity index is 1.40. The number of aromatic amines is 1. The Bertz CT molecular complexity index is 1050. The first kappa shape index (κ1) is 19.1. The molecule has 3 aromatic rings. The van der Waals surface area contributed by atoms with Crippen LogP contribution in [0.4, 0.5) is 4.39 Å². The van der Waals surface area contributed by atoms with Crippen LogP contribution in [-0.2, 0) is 9.53 Å². The van der Waals surface area contributed by atoms with Gasteiger partial charge in [0.25, 0.3) is 5.91 Å². The van der Waals surface area contributed by atoms with Crippen molar-refractivity contribution in [2.24, 2.45) is 5.10 Å². The van der Waals surface area contributed by atoms with Gasteiger partial charge in [0.15, 0.2) is 6.61 Å². The second-order valence-electron chi connectivity index (χ2n) is 7.07. The van der Waals surface area contributed by atoms with Crippen LogP contribution in [0.5, 0.6) is 5.75 Å². The van der Waals surface area contributed by atoms with Crippen LogP contribution in [0.25, 0.3) is 10.9 Å². The van der Waals surface area contributed by atoms with E-state index in [1.165, 1.54) is 12.1 Å². The molecule has 1 atom stereocenters. The van der Waals surface area contributed by atoms with Gasteiger partial charge in [-0.2, -0.15) is 5.10 Å². The number of ether oxygens (including phenoxy) is 2. The Morgan fingerprint density at radius 3 is 3.14 bits per heavy atom. The van der Waals surface area contributed by atoms with Crippen LogP contribution < -0.4 is 10.2 Å². The fourth-order valence-corrected chi connectivity index (χ4v) is 3.60. The van der Waals surface area contributed by atoms with Crippen molar-refractivity contribution in [3.8, 4) is 5.75 Å². The smallest absolute Gasteiger partial charge is 0.277 e. The number of nitrogens with one attached hydrogen (secondary N) is 2. The summed E-state index contributed by atoms with van der Waals surface area (Å²) in [6.45, 7) is 2.73. The zero-order valence-corrected chi connectivity index (χ0v) is 16.1. The van der Waals surface area contributed by atoms with Crippen molar-refractivity contribution in [1.29, 1.82) is 0 Å². The summed E-state index contributed by atoms with van der Waals surface area (Å²) in [5, 5.41) is 5.04. The van der Waals surface area contributed by atoms with E-state index in [-0.39, 0.29) is 24.2 Å². The molecule has 6 nitrogen and oxygen atoms in total. The number of halogens is 1. The minimum absolute atomic E-state index is 0.0716. The van der Waals surface area contributed by atoms with Crippen LogP contribution in [0.1, 0.15) is 29.0 Å². The largest absolute Gasteiger partial charge is 0.483 e. The summed E-state index contributed by atoms with van der Waals surface area (Å²) < 4.78 is 25.0. The Kier molecular flexibility index (Phi) is 5.57. The Morgan fingerprint density at radius 1 is 1.41 bits per heavy atom. The number of fused-ring (bicyclic) bond motifs is 1. The Labute approximate surface area is 167 Å². The van der Waals surface area contributed by atoms with Crippen molar-refractivity contribution in [3.05, 3.63) is 65.1 Å². The number of aromatic nitrogens is 1. The highest BCUT2D eigenvalue weighted by molar-refractivity contribution is 5.98. The number of carbonyl (C=O) groups excluding carboxylic acids is 1. The summed E-state index contributed by atoms with van der Waals surface area (Å²) in [4.78, 5) is 15.3. The summed E-state index contributed by atoms with van der Waals surface area (Å²) in [6.07, 6.45) is 4.26. The summed E-state index contributed by atoms with van der Waals surface area (Å²) in [5.41, 5.74) is 5.77. The number of benzene rings is 2. The van der Waals surface area contributed by atoms with Crippen molar-refractivity contribution < 1.29 is 18.7 Å². The third-order valence-corrected chi connectivity index (χ3v) is 5.01. The third kappa shape index (κ3) is 4.30. The molecule has 0 bridgehead atoms. The molecule has 1 aliphatic heterocycles. The summed E-state index contributed by atoms with van der Waals surface area (Å²) in [7, 11) is 0. The van der Waals surface area contributed by atoms with Gasteiger partial charge in [-0.1, -0.05) is 12.1 Å². The average molecular weight is 395 g/mol. The minimum atomic E-state index is -0.389. The SMILES string of the molecule is Cc1cc(F)cc(C2CCOC2)c1OCC(=O)N/N=C/c1cccc2[nH]ccc12. The van der Waals surface area contributed by atoms with Crippen molar-refractivity contribution in [2.75, 3.05) is 19.8 Å². The quantitative estimate of drug-likeness (QED) is 0.494. The molecule has 0 saturated carbocycles. The van der Waals surface area contributed by atoms with Gasteiger partial charge in [-0.15, -0.1) is 0 Å². The molecule has 4 rings (SSSR count). The van der Waals surface area contributed by atoms with E-state index in [1.54, 1.807) is 13.1 Å². The zero-order chi connectivity index (χ0) is 20.2. The van der Waals surface area contributed by atoms with E-state index in [1.807, 2.05) is 30.5 Å². The number of hydrogen-bond donors (Lipinski definition) is 2. The van der Waals surface area contributed by atoms with E-state index in [0.717, 1.165) is 28.5 Å². The molecule has 1 fully saturated rings. The summed E-state index contributed by atoms with van der Waals surface area (Å²) in [6, 6.07) is 10.6. The third-order valence-electron chi connectivity index (χ3n) is 5.01. The predicted molar refractivity (Wildman–Crippen MR) is 109 cm³/mol. The zero-order valence-electron chi connectivity index (χ0n) is 16.1. The molecule has 150 valence electrons. The molecular formula is C22H22FN3O3. The number of aryl methyl sites for hydroxylation is 1. The van der Waals surface area contributed by atoms with Gasteiger partial charge in [0, 0.05) is 40.8 Å². The van der Waals surface area contributed by atoms with Crippen LogP contribution in [-0.4, -0.2) is 36.9 Å². The molecule has 29 heavy (non-hydrogen) atoms. The highest BCUT2D eigenvalue weighted by Crippen LogP contribution is 2.35. The van der Waals surface area contributed by atoms with Crippen LogP contribution in [0.15, 0.2) is 47.7 Å². The fourth-order valence-electron chi connectivity index (χ4n) is 3.60. The standard InChI is InChI=1S/C22H22FN3O3/c1-14-9-17(23)10-19(16-6-8-28-12-16)22(14)29-13-21(27)26-25-11-15-3-2-4-20-18(15)5-7-24-20/h2-5,7,9-11,16,24H,6,8,12-13H2,1H3,(H,26,27)/b25-11+. The summed E-state index contributed by atoms with van der Waals surface area (Å²) in [5.74, 6) is -0.0926. The van der Waals surface area contributed by atoms with Crippen molar-refractivity contribution in [2.45, 2.75) is 19.3 Å². The lowest BCUT2D eigenvalue weighted by Crippen LogP contribution is -2.25. The molecule has 2 N–H and O–H groups in total. The first-order valence-electron chi connectivity index (χ1n) is 9.50. The number of rotatable bonds is 6. The maximum atomic E-state index is 13.9. The summed E-state index contributed by atoms with van der Waals surface area (Å²) >= 11 is 0. The number of hydrazone groups is 1. The molecule has 1 aromatic heterocycles. The molecule has 1 aliphatic rings. The van der Waals surface area contributed by atoms with E-state index in [4.69, 9.17) is 9.47 Å². The number of carbonyl (C=O) groups is 1. The molecule has 7 heteroatoms. The molecular weight excluding hydrogens is 373 g/mol. The molecule has 1 saturated heterocycles. The number of hydrogen-bond acceptors (Lipinski definition) is 4. The van der Waals surface area contributed by atoms with Crippen molar-refractivity contribution >= 4 is 23.0 Å². The minimum Gasteiger partial charge on any atom is -0.483 e.